The van der Waals surface area contributed by atoms with E-state index in [0.29, 0.717) is 12.0 Å². The van der Waals surface area contributed by atoms with Gasteiger partial charge in [-0.3, -0.25) is 9.48 Å². The zero-order valence-electron chi connectivity index (χ0n) is 15.4. The Labute approximate surface area is 150 Å². The molecule has 2 aliphatic rings. The van der Waals surface area contributed by atoms with Gasteiger partial charge in [0.2, 0.25) is 5.91 Å². The number of piperidine rings is 1. The normalized spacial score (nSPS) is 27.8. The number of hydrogen-bond acceptors (Lipinski definition) is 4. The minimum Gasteiger partial charge on any atom is -0.377 e. The lowest BCUT2D eigenvalue weighted by Crippen LogP contribution is -2.51. The topological polar surface area (TPSA) is 59.4 Å². The molecule has 3 atom stereocenters. The molecule has 2 saturated heterocycles. The standard InChI is InChI=1S/C19H30N4O2/c1-3-23-16(8-10-20-23)6-7-19(24)21-18-9-11-22(13-15(18)2)14-17-5-4-12-25-17/h6-8,10,15,17-18H,3-5,9,11-14H2,1-2H3,(H,21,24)/b7-6+/t15-,17+,18-/m1/s1. The van der Waals surface area contributed by atoms with Gasteiger partial charge < -0.3 is 15.0 Å². The minimum absolute atomic E-state index is 0.0201. The summed E-state index contributed by atoms with van der Waals surface area (Å²) < 4.78 is 7.61. The number of amides is 1. The summed E-state index contributed by atoms with van der Waals surface area (Å²) in [5.41, 5.74) is 0.956. The molecule has 6 heteroatoms. The highest BCUT2D eigenvalue weighted by atomic mass is 16.5. The van der Waals surface area contributed by atoms with Crippen molar-refractivity contribution in [1.82, 2.24) is 20.0 Å². The fraction of sp³-hybridized carbons (Fsp3) is 0.684. The van der Waals surface area contributed by atoms with E-state index in [1.807, 2.05) is 23.7 Å². The number of aryl methyl sites for hydroxylation is 1. The van der Waals surface area contributed by atoms with Crippen LogP contribution in [0.25, 0.3) is 6.08 Å². The van der Waals surface area contributed by atoms with Gasteiger partial charge >= 0.3 is 0 Å². The predicted molar refractivity (Wildman–Crippen MR) is 98.1 cm³/mol. The number of aromatic nitrogens is 2. The molecule has 2 aliphatic heterocycles. The van der Waals surface area contributed by atoms with Crippen LogP contribution in [0.2, 0.25) is 0 Å². The number of likely N-dealkylation sites (tertiary alicyclic amines) is 1. The van der Waals surface area contributed by atoms with E-state index in [0.717, 1.165) is 44.9 Å². The summed E-state index contributed by atoms with van der Waals surface area (Å²) >= 11 is 0. The van der Waals surface area contributed by atoms with Crippen LogP contribution >= 0.6 is 0 Å². The van der Waals surface area contributed by atoms with Gasteiger partial charge in [0.25, 0.3) is 0 Å². The van der Waals surface area contributed by atoms with Gasteiger partial charge in [-0.2, -0.15) is 5.10 Å². The number of hydrogen-bond donors (Lipinski definition) is 1. The fourth-order valence-electron chi connectivity index (χ4n) is 3.83. The summed E-state index contributed by atoms with van der Waals surface area (Å²) in [6.07, 6.45) is 9.00. The molecule has 0 saturated carbocycles. The molecule has 0 bridgehead atoms. The van der Waals surface area contributed by atoms with Crippen LogP contribution in [0, 0.1) is 5.92 Å². The molecule has 0 aliphatic carbocycles. The second-order valence-corrected chi connectivity index (χ2v) is 7.18. The van der Waals surface area contributed by atoms with Gasteiger partial charge in [-0.05, 0) is 44.2 Å². The van der Waals surface area contributed by atoms with Crippen LogP contribution in [0.5, 0.6) is 0 Å². The van der Waals surface area contributed by atoms with E-state index >= 15 is 0 Å². The average molecular weight is 346 g/mol. The number of nitrogens with zero attached hydrogens (tertiary/aromatic N) is 3. The van der Waals surface area contributed by atoms with Crippen molar-refractivity contribution in [1.29, 1.82) is 0 Å². The molecule has 0 unspecified atom stereocenters. The highest BCUT2D eigenvalue weighted by Crippen LogP contribution is 2.20. The molecule has 1 aromatic rings. The number of ether oxygens (including phenoxy) is 1. The van der Waals surface area contributed by atoms with Crippen LogP contribution in [0.3, 0.4) is 0 Å². The van der Waals surface area contributed by atoms with E-state index in [2.05, 4.69) is 22.2 Å². The van der Waals surface area contributed by atoms with Crippen molar-refractivity contribution in [3.63, 3.8) is 0 Å². The van der Waals surface area contributed by atoms with Gasteiger partial charge in [0.05, 0.1) is 11.8 Å². The van der Waals surface area contributed by atoms with Gasteiger partial charge in [-0.25, -0.2) is 0 Å². The summed E-state index contributed by atoms with van der Waals surface area (Å²) in [7, 11) is 0. The highest BCUT2D eigenvalue weighted by Gasteiger charge is 2.29. The molecule has 3 rings (SSSR count). The van der Waals surface area contributed by atoms with Crippen molar-refractivity contribution in [3.8, 4) is 0 Å². The molecule has 0 aromatic carbocycles. The third kappa shape index (κ3) is 4.92. The van der Waals surface area contributed by atoms with Crippen molar-refractivity contribution in [2.24, 2.45) is 5.92 Å². The Morgan fingerprint density at radius 2 is 2.36 bits per heavy atom. The molecular weight excluding hydrogens is 316 g/mol. The first-order valence-corrected chi connectivity index (χ1v) is 9.50. The lowest BCUT2D eigenvalue weighted by Gasteiger charge is -2.38. The Bertz CT molecular complexity index is 592. The number of carbonyl (C=O) groups excluding carboxylic acids is 1. The van der Waals surface area contributed by atoms with Gasteiger partial charge in [0.15, 0.2) is 0 Å². The summed E-state index contributed by atoms with van der Waals surface area (Å²) in [4.78, 5) is 14.7. The lowest BCUT2D eigenvalue weighted by atomic mass is 9.93. The van der Waals surface area contributed by atoms with Crippen molar-refractivity contribution in [2.75, 3.05) is 26.2 Å². The lowest BCUT2D eigenvalue weighted by molar-refractivity contribution is -0.117. The smallest absolute Gasteiger partial charge is 0.244 e. The van der Waals surface area contributed by atoms with E-state index in [1.54, 1.807) is 12.3 Å². The largest absolute Gasteiger partial charge is 0.377 e. The molecule has 1 aromatic heterocycles. The first-order chi connectivity index (χ1) is 12.2. The SMILES string of the molecule is CCn1nccc1/C=C/C(=O)N[C@@H]1CCN(C[C@@H]2CCCO2)C[C@H]1C. The predicted octanol–water partition coefficient (Wildman–Crippen LogP) is 1.92. The zero-order valence-corrected chi connectivity index (χ0v) is 15.4. The number of rotatable bonds is 6. The van der Waals surface area contributed by atoms with E-state index in [9.17, 15) is 4.79 Å². The maximum absolute atomic E-state index is 12.3. The molecule has 25 heavy (non-hydrogen) atoms. The number of carbonyl (C=O) groups is 1. The van der Waals surface area contributed by atoms with Gasteiger partial charge in [-0.15, -0.1) is 0 Å². The highest BCUT2D eigenvalue weighted by molar-refractivity contribution is 5.91. The molecule has 6 nitrogen and oxygen atoms in total. The Morgan fingerprint density at radius 1 is 1.48 bits per heavy atom. The van der Waals surface area contributed by atoms with Crippen molar-refractivity contribution < 1.29 is 9.53 Å². The van der Waals surface area contributed by atoms with Gasteiger partial charge in [0.1, 0.15) is 0 Å². The first kappa shape index (κ1) is 18.1. The monoisotopic (exact) mass is 346 g/mol. The second kappa shape index (κ2) is 8.63. The van der Waals surface area contributed by atoms with Crippen molar-refractivity contribution >= 4 is 12.0 Å². The van der Waals surface area contributed by atoms with Crippen LogP contribution in [0.4, 0.5) is 0 Å². The quantitative estimate of drug-likeness (QED) is 0.800. The molecule has 2 fully saturated rings. The summed E-state index contributed by atoms with van der Waals surface area (Å²) in [6.45, 7) is 9.06. The molecule has 138 valence electrons. The van der Waals surface area contributed by atoms with Crippen LogP contribution in [0.1, 0.15) is 38.8 Å². The number of nitrogens with one attached hydrogen (secondary N) is 1. The van der Waals surface area contributed by atoms with Crippen LogP contribution in [-0.4, -0.2) is 59.0 Å². The second-order valence-electron chi connectivity index (χ2n) is 7.18. The van der Waals surface area contributed by atoms with E-state index in [-0.39, 0.29) is 11.9 Å². The Morgan fingerprint density at radius 3 is 3.08 bits per heavy atom. The van der Waals surface area contributed by atoms with E-state index < -0.39 is 0 Å². The molecule has 3 heterocycles. The zero-order chi connectivity index (χ0) is 17.6. The maximum Gasteiger partial charge on any atom is 0.244 e. The third-order valence-corrected chi connectivity index (χ3v) is 5.26. The van der Waals surface area contributed by atoms with Crippen LogP contribution in [0.15, 0.2) is 18.3 Å². The molecule has 1 amide bonds. The van der Waals surface area contributed by atoms with Crippen molar-refractivity contribution in [2.45, 2.75) is 51.8 Å². The first-order valence-electron chi connectivity index (χ1n) is 9.50. The summed E-state index contributed by atoms with van der Waals surface area (Å²) in [5, 5.41) is 7.38. The molecular formula is C19H30N4O2. The van der Waals surface area contributed by atoms with Crippen LogP contribution in [-0.2, 0) is 16.1 Å². The van der Waals surface area contributed by atoms with E-state index in [4.69, 9.17) is 4.74 Å². The van der Waals surface area contributed by atoms with Gasteiger partial charge in [0, 0.05) is 51.1 Å². The Balaban J connectivity index is 1.45. The maximum atomic E-state index is 12.3. The van der Waals surface area contributed by atoms with Gasteiger partial charge in [-0.1, -0.05) is 6.92 Å². The van der Waals surface area contributed by atoms with Crippen molar-refractivity contribution in [3.05, 3.63) is 24.0 Å². The minimum atomic E-state index is -0.0201. The molecule has 0 spiro atoms. The summed E-state index contributed by atoms with van der Waals surface area (Å²) in [5.74, 6) is 0.432. The Hall–Kier alpha value is -1.66. The van der Waals surface area contributed by atoms with Crippen LogP contribution < -0.4 is 5.32 Å². The molecule has 1 N–H and O–H groups in total. The fourth-order valence-corrected chi connectivity index (χ4v) is 3.83. The third-order valence-electron chi connectivity index (χ3n) is 5.26. The van der Waals surface area contributed by atoms with E-state index in [1.165, 1.54) is 12.8 Å². The average Bonchev–Trinajstić information content (AvgIpc) is 3.26. The molecule has 0 radical (unpaired) electrons. The Kier molecular flexibility index (Phi) is 6.26. The summed E-state index contributed by atoms with van der Waals surface area (Å²) in [6, 6.07) is 2.16.